The predicted molar refractivity (Wildman–Crippen MR) is 91.3 cm³/mol. The lowest BCUT2D eigenvalue weighted by molar-refractivity contribution is 0.414. The Morgan fingerprint density at radius 1 is 0.913 bits per heavy atom. The van der Waals surface area contributed by atoms with E-state index in [1.165, 1.54) is 5.56 Å². The molecular formula is C18H19N3O2. The number of benzene rings is 2. The van der Waals surface area contributed by atoms with E-state index in [2.05, 4.69) is 27.4 Å². The number of fused-ring (bicyclic) bond motifs is 1. The molecule has 0 aliphatic heterocycles. The molecular weight excluding hydrogens is 290 g/mol. The van der Waals surface area contributed by atoms with Crippen LogP contribution in [-0.4, -0.2) is 30.7 Å². The summed E-state index contributed by atoms with van der Waals surface area (Å²) in [6.45, 7) is 0.796. The van der Waals surface area contributed by atoms with Crippen LogP contribution in [0.2, 0.25) is 0 Å². The van der Waals surface area contributed by atoms with Gasteiger partial charge in [-0.3, -0.25) is 0 Å². The average Bonchev–Trinajstić information content (AvgIpc) is 2.62. The van der Waals surface area contributed by atoms with Crippen molar-refractivity contribution in [1.29, 1.82) is 0 Å². The molecule has 5 nitrogen and oxygen atoms in total. The van der Waals surface area contributed by atoms with Crippen LogP contribution in [0.1, 0.15) is 5.56 Å². The molecule has 1 heterocycles. The number of ether oxygens (including phenoxy) is 2. The lowest BCUT2D eigenvalue weighted by Crippen LogP contribution is -2.07. The van der Waals surface area contributed by atoms with Crippen LogP contribution in [0.4, 0.5) is 5.82 Å². The molecule has 0 aliphatic rings. The van der Waals surface area contributed by atoms with Crippen molar-refractivity contribution in [2.45, 2.75) is 6.42 Å². The molecule has 118 valence electrons. The Balaban J connectivity index is 1.69. The van der Waals surface area contributed by atoms with Crippen LogP contribution in [0.5, 0.6) is 11.5 Å². The van der Waals surface area contributed by atoms with Crippen LogP contribution in [-0.2, 0) is 6.42 Å². The molecule has 0 radical (unpaired) electrons. The molecule has 0 atom stereocenters. The summed E-state index contributed by atoms with van der Waals surface area (Å²) in [4.78, 5) is 8.63. The summed E-state index contributed by atoms with van der Waals surface area (Å²) in [5.41, 5.74) is 2.12. The number of aromatic nitrogens is 2. The molecule has 0 spiro atoms. The molecule has 0 unspecified atom stereocenters. The zero-order valence-electron chi connectivity index (χ0n) is 13.2. The van der Waals surface area contributed by atoms with Crippen molar-refractivity contribution in [3.05, 3.63) is 54.4 Å². The molecule has 0 saturated carbocycles. The Morgan fingerprint density at radius 2 is 1.65 bits per heavy atom. The highest BCUT2D eigenvalue weighted by Gasteiger charge is 2.04. The van der Waals surface area contributed by atoms with Gasteiger partial charge in [0.1, 0.15) is 23.6 Å². The molecule has 0 bridgehead atoms. The van der Waals surface area contributed by atoms with E-state index in [0.29, 0.717) is 0 Å². The minimum atomic E-state index is 0.792. The highest BCUT2D eigenvalue weighted by molar-refractivity contribution is 5.89. The maximum absolute atomic E-state index is 5.23. The molecule has 1 aromatic heterocycles. The van der Waals surface area contributed by atoms with Gasteiger partial charge in [0.2, 0.25) is 0 Å². The van der Waals surface area contributed by atoms with Crippen LogP contribution in [0.3, 0.4) is 0 Å². The van der Waals surface area contributed by atoms with Gasteiger partial charge < -0.3 is 14.8 Å². The average molecular weight is 309 g/mol. The Kier molecular flexibility index (Phi) is 4.57. The van der Waals surface area contributed by atoms with Crippen LogP contribution < -0.4 is 14.8 Å². The minimum Gasteiger partial charge on any atom is -0.497 e. The largest absolute Gasteiger partial charge is 0.497 e. The predicted octanol–water partition coefficient (Wildman–Crippen LogP) is 3.30. The first kappa shape index (κ1) is 15.1. The van der Waals surface area contributed by atoms with Crippen LogP contribution in [0, 0.1) is 0 Å². The van der Waals surface area contributed by atoms with Gasteiger partial charge >= 0.3 is 0 Å². The van der Waals surface area contributed by atoms with Crippen LogP contribution in [0.15, 0.2) is 48.8 Å². The molecule has 5 heteroatoms. The van der Waals surface area contributed by atoms with Crippen molar-refractivity contribution < 1.29 is 9.47 Å². The summed E-state index contributed by atoms with van der Waals surface area (Å²) in [5, 5.41) is 4.37. The first-order chi connectivity index (χ1) is 11.3. The van der Waals surface area contributed by atoms with E-state index < -0.39 is 0 Å². The summed E-state index contributed by atoms with van der Waals surface area (Å²) in [6.07, 6.45) is 2.48. The van der Waals surface area contributed by atoms with E-state index in [0.717, 1.165) is 41.2 Å². The summed E-state index contributed by atoms with van der Waals surface area (Å²) < 4.78 is 10.4. The number of nitrogens with zero attached hydrogens (tertiary/aromatic N) is 2. The van der Waals surface area contributed by atoms with Crippen molar-refractivity contribution in [3.8, 4) is 11.5 Å². The van der Waals surface area contributed by atoms with Gasteiger partial charge in [-0.15, -0.1) is 0 Å². The number of hydrogen-bond donors (Lipinski definition) is 1. The van der Waals surface area contributed by atoms with Crippen molar-refractivity contribution in [1.82, 2.24) is 9.97 Å². The van der Waals surface area contributed by atoms with E-state index in [4.69, 9.17) is 9.47 Å². The number of rotatable bonds is 6. The van der Waals surface area contributed by atoms with Gasteiger partial charge in [-0.05, 0) is 36.2 Å². The highest BCUT2D eigenvalue weighted by Crippen LogP contribution is 2.23. The highest BCUT2D eigenvalue weighted by atomic mass is 16.5. The second kappa shape index (κ2) is 6.96. The molecule has 2 aromatic carbocycles. The standard InChI is InChI=1S/C18H19N3O2/c1-22-14-5-3-13(4-6-14)9-10-19-18-16-8-7-15(23-2)11-17(16)20-12-21-18/h3-8,11-12H,9-10H2,1-2H3,(H,19,20,21). The first-order valence-corrected chi connectivity index (χ1v) is 7.45. The minimum absolute atomic E-state index is 0.792. The second-order valence-electron chi connectivity index (χ2n) is 5.13. The van der Waals surface area contributed by atoms with Crippen LogP contribution in [0.25, 0.3) is 10.9 Å². The summed E-state index contributed by atoms with van der Waals surface area (Å²) >= 11 is 0. The number of methoxy groups -OCH3 is 2. The molecule has 0 fully saturated rings. The third-order valence-corrected chi connectivity index (χ3v) is 3.71. The van der Waals surface area contributed by atoms with Gasteiger partial charge in [-0.2, -0.15) is 0 Å². The van der Waals surface area contributed by atoms with Gasteiger partial charge in [-0.1, -0.05) is 12.1 Å². The van der Waals surface area contributed by atoms with Gasteiger partial charge in [-0.25, -0.2) is 9.97 Å². The fourth-order valence-corrected chi connectivity index (χ4v) is 2.42. The van der Waals surface area contributed by atoms with E-state index in [1.807, 2.05) is 30.3 Å². The van der Waals surface area contributed by atoms with Crippen LogP contribution >= 0.6 is 0 Å². The van der Waals surface area contributed by atoms with E-state index in [9.17, 15) is 0 Å². The molecule has 1 N–H and O–H groups in total. The molecule has 0 aliphatic carbocycles. The molecule has 0 saturated heterocycles. The topological polar surface area (TPSA) is 56.3 Å². The Hall–Kier alpha value is -2.82. The van der Waals surface area contributed by atoms with Gasteiger partial charge in [0.15, 0.2) is 0 Å². The van der Waals surface area contributed by atoms with E-state index in [-0.39, 0.29) is 0 Å². The quantitative estimate of drug-likeness (QED) is 0.757. The van der Waals surface area contributed by atoms with Gasteiger partial charge in [0, 0.05) is 18.0 Å². The lowest BCUT2D eigenvalue weighted by atomic mass is 10.1. The normalized spacial score (nSPS) is 10.5. The third-order valence-electron chi connectivity index (χ3n) is 3.71. The Labute approximate surface area is 135 Å². The van der Waals surface area contributed by atoms with E-state index in [1.54, 1.807) is 20.5 Å². The van der Waals surface area contributed by atoms with Crippen molar-refractivity contribution in [2.24, 2.45) is 0 Å². The fourth-order valence-electron chi connectivity index (χ4n) is 2.42. The van der Waals surface area contributed by atoms with Gasteiger partial charge in [0.25, 0.3) is 0 Å². The second-order valence-corrected chi connectivity index (χ2v) is 5.13. The number of hydrogen-bond acceptors (Lipinski definition) is 5. The molecule has 23 heavy (non-hydrogen) atoms. The summed E-state index contributed by atoms with van der Waals surface area (Å²) in [7, 11) is 3.32. The SMILES string of the molecule is COc1ccc(CCNc2ncnc3cc(OC)ccc23)cc1. The smallest absolute Gasteiger partial charge is 0.137 e. The number of anilines is 1. The van der Waals surface area contributed by atoms with Crippen molar-refractivity contribution in [3.63, 3.8) is 0 Å². The zero-order valence-corrected chi connectivity index (χ0v) is 13.2. The van der Waals surface area contributed by atoms with Crippen molar-refractivity contribution in [2.75, 3.05) is 26.1 Å². The zero-order chi connectivity index (χ0) is 16.1. The maximum atomic E-state index is 5.23. The molecule has 3 rings (SSSR count). The van der Waals surface area contributed by atoms with E-state index >= 15 is 0 Å². The van der Waals surface area contributed by atoms with Gasteiger partial charge in [0.05, 0.1) is 19.7 Å². The first-order valence-electron chi connectivity index (χ1n) is 7.45. The maximum Gasteiger partial charge on any atom is 0.137 e. The molecule has 0 amide bonds. The summed E-state index contributed by atoms with van der Waals surface area (Å²) in [6, 6.07) is 13.9. The Morgan fingerprint density at radius 3 is 2.39 bits per heavy atom. The van der Waals surface area contributed by atoms with Crippen molar-refractivity contribution >= 4 is 16.7 Å². The monoisotopic (exact) mass is 309 g/mol. The molecule has 3 aromatic rings. The number of nitrogens with one attached hydrogen (secondary N) is 1. The third kappa shape index (κ3) is 3.51. The summed E-state index contributed by atoms with van der Waals surface area (Å²) in [5.74, 6) is 2.50. The lowest BCUT2D eigenvalue weighted by Gasteiger charge is -2.09. The Bertz CT molecular complexity index is 788. The fraction of sp³-hybridized carbons (Fsp3) is 0.222.